The van der Waals surface area contributed by atoms with Crippen LogP contribution in [0, 0.1) is 11.8 Å². The zero-order chi connectivity index (χ0) is 11.7. The Morgan fingerprint density at radius 3 is 2.47 bits per heavy atom. The summed E-state index contributed by atoms with van der Waals surface area (Å²) in [7, 11) is 2.16. The lowest BCUT2D eigenvalue weighted by atomic mass is 9.92. The van der Waals surface area contributed by atoms with Gasteiger partial charge in [0.15, 0.2) is 0 Å². The van der Waals surface area contributed by atoms with Gasteiger partial charge in [0.25, 0.3) is 0 Å². The van der Waals surface area contributed by atoms with E-state index in [-0.39, 0.29) is 0 Å². The van der Waals surface area contributed by atoms with Crippen molar-refractivity contribution in [1.82, 2.24) is 5.32 Å². The molecule has 1 N–H and O–H groups in total. The first-order valence-electron chi connectivity index (χ1n) is 7.12. The molecule has 17 heavy (non-hydrogen) atoms. The van der Waals surface area contributed by atoms with Crippen LogP contribution >= 0.6 is 0 Å². The van der Waals surface area contributed by atoms with Crippen LogP contribution in [0.3, 0.4) is 0 Å². The zero-order valence-corrected chi connectivity index (χ0v) is 10.7. The quantitative estimate of drug-likeness (QED) is 0.832. The van der Waals surface area contributed by atoms with E-state index >= 15 is 0 Å². The van der Waals surface area contributed by atoms with Crippen molar-refractivity contribution in [3.8, 4) is 0 Å². The monoisotopic (exact) mass is 229 g/mol. The fourth-order valence-electron chi connectivity index (χ4n) is 3.81. The molecule has 0 bridgehead atoms. The van der Waals surface area contributed by atoms with Crippen LogP contribution in [0.5, 0.6) is 0 Å². The molecule has 92 valence electrons. The summed E-state index contributed by atoms with van der Waals surface area (Å²) in [5.41, 5.74) is 1.55. The molecular weight excluding hydrogens is 206 g/mol. The molecule has 0 aliphatic heterocycles. The molecule has 2 aliphatic rings. The maximum atomic E-state index is 3.61. The summed E-state index contributed by atoms with van der Waals surface area (Å²) in [6, 6.07) is 11.8. The minimum absolute atomic E-state index is 0.766. The van der Waals surface area contributed by atoms with Gasteiger partial charge in [0.2, 0.25) is 0 Å². The highest BCUT2D eigenvalue weighted by Gasteiger charge is 2.46. The van der Waals surface area contributed by atoms with Crippen molar-refractivity contribution < 1.29 is 0 Å². The molecule has 0 radical (unpaired) electrons. The van der Waals surface area contributed by atoms with Gasteiger partial charge in [-0.05, 0) is 49.6 Å². The van der Waals surface area contributed by atoms with E-state index in [1.165, 1.54) is 32.1 Å². The molecule has 0 saturated heterocycles. The van der Waals surface area contributed by atoms with Gasteiger partial charge >= 0.3 is 0 Å². The van der Waals surface area contributed by atoms with E-state index in [0.29, 0.717) is 0 Å². The largest absolute Gasteiger partial charge is 0.316 e. The van der Waals surface area contributed by atoms with Gasteiger partial charge in [0, 0.05) is 6.04 Å². The molecule has 0 spiro atoms. The zero-order valence-electron chi connectivity index (χ0n) is 10.7. The predicted molar refractivity (Wildman–Crippen MR) is 72.1 cm³/mol. The molecule has 0 aromatic heterocycles. The molecule has 1 nitrogen and oxygen atoms in total. The average molecular weight is 229 g/mol. The molecular formula is C16H23N. The van der Waals surface area contributed by atoms with Crippen LogP contribution in [-0.4, -0.2) is 13.1 Å². The Hall–Kier alpha value is -0.820. The second-order valence-corrected chi connectivity index (χ2v) is 5.78. The van der Waals surface area contributed by atoms with E-state index in [2.05, 4.69) is 42.7 Å². The van der Waals surface area contributed by atoms with Crippen LogP contribution in [0.2, 0.25) is 0 Å². The molecule has 0 amide bonds. The molecule has 1 heteroatoms. The average Bonchev–Trinajstić information content (AvgIpc) is 2.97. The van der Waals surface area contributed by atoms with E-state index in [4.69, 9.17) is 0 Å². The Morgan fingerprint density at radius 1 is 1.12 bits per heavy atom. The Labute approximate surface area is 105 Å². The van der Waals surface area contributed by atoms with Gasteiger partial charge < -0.3 is 5.32 Å². The van der Waals surface area contributed by atoms with Crippen molar-refractivity contribution in [3.63, 3.8) is 0 Å². The van der Waals surface area contributed by atoms with Gasteiger partial charge in [-0.15, -0.1) is 0 Å². The highest BCUT2D eigenvalue weighted by atomic mass is 14.9. The molecule has 1 aromatic carbocycles. The second kappa shape index (κ2) is 4.81. The molecule has 2 saturated carbocycles. The molecule has 3 unspecified atom stereocenters. The molecule has 1 aromatic rings. The van der Waals surface area contributed by atoms with Crippen LogP contribution in [-0.2, 0) is 0 Å². The van der Waals surface area contributed by atoms with Crippen molar-refractivity contribution in [2.24, 2.45) is 11.8 Å². The summed E-state index contributed by atoms with van der Waals surface area (Å²) in [5, 5.41) is 3.61. The summed E-state index contributed by atoms with van der Waals surface area (Å²) in [4.78, 5) is 0. The van der Waals surface area contributed by atoms with E-state index in [9.17, 15) is 0 Å². The van der Waals surface area contributed by atoms with Crippen LogP contribution in [0.1, 0.15) is 43.6 Å². The molecule has 3 atom stereocenters. The van der Waals surface area contributed by atoms with Crippen LogP contribution in [0.25, 0.3) is 0 Å². The lowest BCUT2D eigenvalue weighted by Crippen LogP contribution is -2.34. The van der Waals surface area contributed by atoms with Gasteiger partial charge in [-0.25, -0.2) is 0 Å². The van der Waals surface area contributed by atoms with Crippen LogP contribution in [0.15, 0.2) is 30.3 Å². The summed E-state index contributed by atoms with van der Waals surface area (Å²) < 4.78 is 0. The van der Waals surface area contributed by atoms with Gasteiger partial charge in [0.1, 0.15) is 0 Å². The third kappa shape index (κ3) is 2.26. The number of hydrogen-bond donors (Lipinski definition) is 1. The van der Waals surface area contributed by atoms with Gasteiger partial charge in [-0.2, -0.15) is 0 Å². The van der Waals surface area contributed by atoms with Crippen LogP contribution < -0.4 is 5.32 Å². The Kier molecular flexibility index (Phi) is 3.19. The Bertz CT molecular complexity index is 353. The Morgan fingerprint density at radius 2 is 1.82 bits per heavy atom. The van der Waals surface area contributed by atoms with E-state index in [1.54, 1.807) is 5.56 Å². The standard InChI is InChI=1S/C16H23N/c1-17-16(13-9-5-6-10-13)15-11-14(15)12-7-3-2-4-8-12/h2-4,7-8,13-17H,5-6,9-11H2,1H3. The number of benzene rings is 1. The summed E-state index contributed by atoms with van der Waals surface area (Å²) in [6.45, 7) is 0. The molecule has 2 aliphatic carbocycles. The lowest BCUT2D eigenvalue weighted by Gasteiger charge is -2.23. The summed E-state index contributed by atoms with van der Waals surface area (Å²) >= 11 is 0. The van der Waals surface area contributed by atoms with Crippen molar-refractivity contribution in [3.05, 3.63) is 35.9 Å². The third-order valence-electron chi connectivity index (χ3n) is 4.77. The van der Waals surface area contributed by atoms with Gasteiger partial charge in [-0.3, -0.25) is 0 Å². The SMILES string of the molecule is CNC(C1CCCC1)C1CC1c1ccccc1. The van der Waals surface area contributed by atoms with E-state index in [0.717, 1.165) is 23.8 Å². The normalized spacial score (nSPS) is 30.4. The first kappa shape index (κ1) is 11.3. The van der Waals surface area contributed by atoms with E-state index in [1.807, 2.05) is 0 Å². The highest BCUT2D eigenvalue weighted by molar-refractivity contribution is 5.26. The van der Waals surface area contributed by atoms with Crippen molar-refractivity contribution in [1.29, 1.82) is 0 Å². The number of nitrogens with one attached hydrogen (secondary N) is 1. The number of rotatable bonds is 4. The van der Waals surface area contributed by atoms with Gasteiger partial charge in [0.05, 0.1) is 0 Å². The fraction of sp³-hybridized carbons (Fsp3) is 0.625. The third-order valence-corrected chi connectivity index (χ3v) is 4.77. The lowest BCUT2D eigenvalue weighted by molar-refractivity contribution is 0.340. The maximum Gasteiger partial charge on any atom is 0.0127 e. The van der Waals surface area contributed by atoms with Crippen LogP contribution in [0.4, 0.5) is 0 Å². The molecule has 3 rings (SSSR count). The molecule has 2 fully saturated rings. The van der Waals surface area contributed by atoms with Crippen molar-refractivity contribution in [2.75, 3.05) is 7.05 Å². The van der Waals surface area contributed by atoms with Crippen molar-refractivity contribution in [2.45, 2.75) is 44.1 Å². The number of hydrogen-bond acceptors (Lipinski definition) is 1. The Balaban J connectivity index is 1.66. The highest BCUT2D eigenvalue weighted by Crippen LogP contribution is 2.52. The first-order valence-corrected chi connectivity index (χ1v) is 7.12. The first-order chi connectivity index (χ1) is 8.40. The van der Waals surface area contributed by atoms with Crippen molar-refractivity contribution >= 4 is 0 Å². The topological polar surface area (TPSA) is 12.0 Å². The second-order valence-electron chi connectivity index (χ2n) is 5.78. The summed E-state index contributed by atoms with van der Waals surface area (Å²) in [5.74, 6) is 2.67. The molecule has 0 heterocycles. The fourth-order valence-corrected chi connectivity index (χ4v) is 3.81. The minimum atomic E-state index is 0.766. The van der Waals surface area contributed by atoms with E-state index < -0.39 is 0 Å². The minimum Gasteiger partial charge on any atom is -0.316 e. The smallest absolute Gasteiger partial charge is 0.0127 e. The maximum absolute atomic E-state index is 3.61. The predicted octanol–water partition coefficient (Wildman–Crippen LogP) is 3.57. The summed E-state index contributed by atoms with van der Waals surface area (Å²) in [6.07, 6.45) is 7.19. The van der Waals surface area contributed by atoms with Gasteiger partial charge in [-0.1, -0.05) is 43.2 Å².